The van der Waals surface area contributed by atoms with Crippen molar-refractivity contribution in [1.29, 1.82) is 0 Å². The maximum Gasteiger partial charge on any atom is 0.258 e. The molecule has 2 aromatic rings. The summed E-state index contributed by atoms with van der Waals surface area (Å²) in [4.78, 5) is 52.0. The van der Waals surface area contributed by atoms with Crippen LogP contribution in [-0.4, -0.2) is 98.4 Å². The number of methoxy groups -OCH3 is 1. The van der Waals surface area contributed by atoms with Gasteiger partial charge in [-0.2, -0.15) is 0 Å². The lowest BCUT2D eigenvalue weighted by atomic mass is 10.1. The Kier molecular flexibility index (Phi) is 19.9. The summed E-state index contributed by atoms with van der Waals surface area (Å²) in [6.45, 7) is 14.2. The molecule has 1 aromatic heterocycles. The molecule has 0 saturated heterocycles. The normalized spacial score (nSPS) is 14.7. The molecule has 49 heavy (non-hydrogen) atoms. The molecule has 4 rings (SSSR count). The van der Waals surface area contributed by atoms with Gasteiger partial charge in [-0.15, -0.1) is 0 Å². The Labute approximate surface area is 289 Å². The first-order chi connectivity index (χ1) is 23.3. The number of imide groups is 2. The second-order valence-corrected chi connectivity index (χ2v) is 12.7. The molecule has 268 valence electrons. The molecule has 0 bridgehead atoms. The zero-order valence-corrected chi connectivity index (χ0v) is 29.7. The third-order valence-corrected chi connectivity index (χ3v) is 7.16. The number of hydrogen-bond acceptors (Lipinski definition) is 10. The molecule has 2 aliphatic heterocycles. The molecular formula is C35H48N4O9S. The SMILES string of the molecule is C=CS(C)(=O)=O.C=Cn1ccnc1.CCCCc1ccc(N2C(=O)C=CC2=O)cc1.COCCOCC(C)OCC(C)N1C(=O)C=CC1=O. The summed E-state index contributed by atoms with van der Waals surface area (Å²) in [6.07, 6.45) is 16.4. The maximum atomic E-state index is 11.5. The average molecular weight is 701 g/mol. The van der Waals surface area contributed by atoms with E-state index in [0.717, 1.165) is 30.9 Å². The molecule has 3 heterocycles. The van der Waals surface area contributed by atoms with Gasteiger partial charge in [-0.1, -0.05) is 38.6 Å². The van der Waals surface area contributed by atoms with E-state index >= 15 is 0 Å². The fraction of sp³-hybridized carbons (Fsp3) is 0.400. The lowest BCUT2D eigenvalue weighted by Crippen LogP contribution is -2.41. The van der Waals surface area contributed by atoms with Crippen molar-refractivity contribution in [1.82, 2.24) is 14.5 Å². The van der Waals surface area contributed by atoms with Crippen LogP contribution in [0.1, 0.15) is 39.2 Å². The molecular weight excluding hydrogens is 652 g/mol. The minimum Gasteiger partial charge on any atom is -0.382 e. The van der Waals surface area contributed by atoms with Crippen molar-refractivity contribution in [3.8, 4) is 0 Å². The number of carbonyl (C=O) groups excluding carboxylic acids is 4. The summed E-state index contributed by atoms with van der Waals surface area (Å²) in [5.41, 5.74) is 1.88. The van der Waals surface area contributed by atoms with Gasteiger partial charge >= 0.3 is 0 Å². The molecule has 4 amide bonds. The van der Waals surface area contributed by atoms with Gasteiger partial charge in [0, 0.05) is 61.7 Å². The summed E-state index contributed by atoms with van der Waals surface area (Å²) < 4.78 is 37.3. The van der Waals surface area contributed by atoms with Crippen LogP contribution in [0.15, 0.2) is 85.9 Å². The van der Waals surface area contributed by atoms with Crippen molar-refractivity contribution in [2.24, 2.45) is 0 Å². The summed E-state index contributed by atoms with van der Waals surface area (Å²) in [6, 6.07) is 7.33. The highest BCUT2D eigenvalue weighted by Crippen LogP contribution is 2.20. The van der Waals surface area contributed by atoms with Crippen molar-refractivity contribution < 1.29 is 41.8 Å². The van der Waals surface area contributed by atoms with Gasteiger partial charge in [0.1, 0.15) is 0 Å². The predicted octanol–water partition coefficient (Wildman–Crippen LogP) is 3.98. The Morgan fingerprint density at radius 1 is 0.898 bits per heavy atom. The van der Waals surface area contributed by atoms with Gasteiger partial charge < -0.3 is 18.8 Å². The minimum absolute atomic E-state index is 0.0972. The van der Waals surface area contributed by atoms with Crippen LogP contribution in [0.25, 0.3) is 6.20 Å². The summed E-state index contributed by atoms with van der Waals surface area (Å²) in [5.74, 6) is -1.11. The van der Waals surface area contributed by atoms with E-state index in [0.29, 0.717) is 32.1 Å². The van der Waals surface area contributed by atoms with E-state index in [2.05, 4.69) is 25.1 Å². The highest BCUT2D eigenvalue weighted by atomic mass is 32.2. The van der Waals surface area contributed by atoms with Crippen molar-refractivity contribution >= 4 is 45.4 Å². The number of nitrogens with zero attached hydrogens (tertiary/aromatic N) is 4. The number of imidazole rings is 1. The van der Waals surface area contributed by atoms with Crippen LogP contribution in [0.2, 0.25) is 0 Å². The van der Waals surface area contributed by atoms with Crippen LogP contribution < -0.4 is 4.90 Å². The summed E-state index contributed by atoms with van der Waals surface area (Å²) in [5, 5.41) is 0.910. The quantitative estimate of drug-likeness (QED) is 0.197. The number of anilines is 1. The maximum absolute atomic E-state index is 11.5. The molecule has 0 N–H and O–H groups in total. The molecule has 1 aromatic carbocycles. The molecule has 0 aliphatic carbocycles. The van der Waals surface area contributed by atoms with E-state index in [1.165, 1.54) is 39.7 Å². The number of aromatic nitrogens is 2. The van der Waals surface area contributed by atoms with Gasteiger partial charge in [0.05, 0.1) is 50.6 Å². The van der Waals surface area contributed by atoms with Crippen LogP contribution in [0, 0.1) is 0 Å². The number of hydrogen-bond donors (Lipinski definition) is 0. The van der Waals surface area contributed by atoms with Gasteiger partial charge in [-0.25, -0.2) is 18.3 Å². The Balaban J connectivity index is 0.000000362. The number of rotatable bonds is 15. The molecule has 0 radical (unpaired) electrons. The van der Waals surface area contributed by atoms with Gasteiger partial charge in [-0.05, 0) is 44.4 Å². The molecule has 2 atom stereocenters. The highest BCUT2D eigenvalue weighted by molar-refractivity contribution is 7.93. The highest BCUT2D eigenvalue weighted by Gasteiger charge is 2.28. The summed E-state index contributed by atoms with van der Waals surface area (Å²) in [7, 11) is -1.28. The first-order valence-corrected chi connectivity index (χ1v) is 17.5. The minimum atomic E-state index is -2.90. The fourth-order valence-electron chi connectivity index (χ4n) is 3.89. The summed E-state index contributed by atoms with van der Waals surface area (Å²) >= 11 is 0. The number of amides is 4. The van der Waals surface area contributed by atoms with E-state index in [4.69, 9.17) is 14.2 Å². The van der Waals surface area contributed by atoms with E-state index < -0.39 is 9.84 Å². The molecule has 0 fully saturated rings. The molecule has 2 unspecified atom stereocenters. The van der Waals surface area contributed by atoms with Crippen molar-refractivity contribution in [2.75, 3.05) is 44.7 Å². The van der Waals surface area contributed by atoms with Crippen LogP contribution in [-0.2, 0) is 49.6 Å². The number of benzene rings is 1. The Bertz CT molecular complexity index is 1470. The van der Waals surface area contributed by atoms with Crippen LogP contribution in [0.3, 0.4) is 0 Å². The van der Waals surface area contributed by atoms with Crippen molar-refractivity contribution in [3.05, 3.63) is 91.4 Å². The first-order valence-electron chi connectivity index (χ1n) is 15.6. The van der Waals surface area contributed by atoms with Gasteiger partial charge in [0.15, 0.2) is 9.84 Å². The largest absolute Gasteiger partial charge is 0.382 e. The van der Waals surface area contributed by atoms with E-state index in [1.54, 1.807) is 37.3 Å². The standard InChI is InChI=1S/C14H15NO2.C13H21NO5.C5H6N2.C3H6O2S/c1-2-3-4-11-5-7-12(8-6-11)15-13(16)9-10-14(15)17;1-10(14-12(15)4-5-13(14)16)8-19-11(2)9-18-7-6-17-3;1-2-7-4-3-6-5-7;1-3-6(2,4)5/h5-10H,2-4H2,1H3;4-5,10-11H,6-9H2,1-3H3;2-5H,1H2;3H,1H2,2H3. The molecule has 14 heteroatoms. The van der Waals surface area contributed by atoms with Gasteiger partial charge in [0.2, 0.25) is 0 Å². The fourth-order valence-corrected chi connectivity index (χ4v) is 3.89. The molecule has 0 saturated carbocycles. The lowest BCUT2D eigenvalue weighted by molar-refractivity contribution is -0.141. The van der Waals surface area contributed by atoms with Crippen LogP contribution in [0.4, 0.5) is 5.69 Å². The number of aryl methyl sites for hydroxylation is 1. The first kappa shape index (κ1) is 42.5. The monoisotopic (exact) mass is 700 g/mol. The van der Waals surface area contributed by atoms with E-state index in [1.807, 2.05) is 37.4 Å². The zero-order chi connectivity index (χ0) is 36.8. The molecule has 0 spiro atoms. The number of carbonyl (C=O) groups is 4. The zero-order valence-electron chi connectivity index (χ0n) is 28.9. The van der Waals surface area contributed by atoms with Crippen LogP contribution >= 0.6 is 0 Å². The topological polar surface area (TPSA) is 154 Å². The lowest BCUT2D eigenvalue weighted by Gasteiger charge is -2.24. The van der Waals surface area contributed by atoms with Crippen LogP contribution in [0.5, 0.6) is 0 Å². The number of ether oxygens (including phenoxy) is 3. The third-order valence-electron chi connectivity index (χ3n) is 6.55. The van der Waals surface area contributed by atoms with Gasteiger partial charge in [0.25, 0.3) is 23.6 Å². The second-order valence-electron chi connectivity index (χ2n) is 10.7. The second kappa shape index (κ2) is 23.0. The smallest absolute Gasteiger partial charge is 0.258 e. The van der Waals surface area contributed by atoms with E-state index in [-0.39, 0.29) is 35.8 Å². The Hall–Kier alpha value is -4.50. The average Bonchev–Trinajstić information content (AvgIpc) is 3.82. The number of sulfone groups is 1. The van der Waals surface area contributed by atoms with Gasteiger partial charge in [-0.3, -0.25) is 24.1 Å². The van der Waals surface area contributed by atoms with Crippen molar-refractivity contribution in [2.45, 2.75) is 52.2 Å². The molecule has 13 nitrogen and oxygen atoms in total. The Morgan fingerprint density at radius 2 is 1.47 bits per heavy atom. The van der Waals surface area contributed by atoms with Crippen molar-refractivity contribution in [3.63, 3.8) is 0 Å². The van der Waals surface area contributed by atoms with E-state index in [9.17, 15) is 27.6 Å². The number of unbranched alkanes of at least 4 members (excludes halogenated alkanes) is 1. The third kappa shape index (κ3) is 16.9. The predicted molar refractivity (Wildman–Crippen MR) is 189 cm³/mol. The Morgan fingerprint density at radius 3 is 1.92 bits per heavy atom. The molecule has 2 aliphatic rings.